The minimum atomic E-state index is -0.385. The van der Waals surface area contributed by atoms with E-state index in [4.69, 9.17) is 67.5 Å². The van der Waals surface area contributed by atoms with Crippen LogP contribution in [0.25, 0.3) is 0 Å². The first kappa shape index (κ1) is 30.0. The quantitative estimate of drug-likeness (QED) is 0.280. The molecule has 3 aromatic heterocycles. The molecular weight excluding hydrogens is 617 g/mol. The average Bonchev–Trinajstić information content (AvgIpc) is 2.94. The van der Waals surface area contributed by atoms with Gasteiger partial charge in [-0.1, -0.05) is 34.8 Å². The molecule has 10 nitrogen and oxygen atoms in total. The van der Waals surface area contributed by atoms with Crippen LogP contribution in [0.1, 0.15) is 18.7 Å². The molecule has 5 rings (SSSR count). The summed E-state index contributed by atoms with van der Waals surface area (Å²) in [6.07, 6.45) is 1.17. The molecule has 0 saturated carbocycles. The summed E-state index contributed by atoms with van der Waals surface area (Å²) in [4.78, 5) is 24.3. The van der Waals surface area contributed by atoms with E-state index in [1.165, 1.54) is 12.3 Å². The van der Waals surface area contributed by atoms with Crippen LogP contribution in [-0.4, -0.2) is 77.5 Å². The van der Waals surface area contributed by atoms with Crippen LogP contribution in [0.2, 0.25) is 25.8 Å². The lowest BCUT2D eigenvalue weighted by Crippen LogP contribution is -2.37. The summed E-state index contributed by atoms with van der Waals surface area (Å²) in [5, 5.41) is 4.26. The molecule has 2 aliphatic rings. The number of anilines is 3. The second kappa shape index (κ2) is 14.1. The molecule has 39 heavy (non-hydrogen) atoms. The van der Waals surface area contributed by atoms with E-state index >= 15 is 0 Å². The highest BCUT2D eigenvalue weighted by atomic mass is 35.5. The van der Waals surface area contributed by atoms with Crippen molar-refractivity contribution < 1.29 is 13.9 Å². The number of halogens is 6. The summed E-state index contributed by atoms with van der Waals surface area (Å²) in [6, 6.07) is 2.73. The predicted molar refractivity (Wildman–Crippen MR) is 151 cm³/mol. The van der Waals surface area contributed by atoms with Crippen molar-refractivity contribution in [2.24, 2.45) is 0 Å². The molecule has 5 heterocycles. The molecule has 0 radical (unpaired) electrons. The zero-order valence-corrected chi connectivity index (χ0v) is 24.5. The second-order valence-corrected chi connectivity index (χ2v) is 10.2. The van der Waals surface area contributed by atoms with Crippen molar-refractivity contribution >= 4 is 75.5 Å². The van der Waals surface area contributed by atoms with Crippen molar-refractivity contribution in [3.63, 3.8) is 0 Å². The maximum absolute atomic E-state index is 13.0. The summed E-state index contributed by atoms with van der Waals surface area (Å²) < 4.78 is 23.6. The van der Waals surface area contributed by atoms with Gasteiger partial charge in [-0.2, -0.15) is 15.0 Å². The highest BCUT2D eigenvalue weighted by Crippen LogP contribution is 2.34. The second-order valence-electron chi connectivity index (χ2n) is 8.37. The van der Waals surface area contributed by atoms with Gasteiger partial charge >= 0.3 is 0 Å². The van der Waals surface area contributed by atoms with Crippen LogP contribution in [0.4, 0.5) is 21.8 Å². The summed E-state index contributed by atoms with van der Waals surface area (Å²) in [5.74, 6) is 1.17. The third-order valence-corrected chi connectivity index (χ3v) is 7.15. The molecule has 210 valence electrons. The van der Waals surface area contributed by atoms with E-state index in [-0.39, 0.29) is 27.6 Å². The van der Waals surface area contributed by atoms with Gasteiger partial charge in [0.05, 0.1) is 44.4 Å². The van der Waals surface area contributed by atoms with Gasteiger partial charge in [0.1, 0.15) is 15.9 Å². The van der Waals surface area contributed by atoms with E-state index in [9.17, 15) is 4.39 Å². The Balaban J connectivity index is 0.000000202. The Bertz CT molecular complexity index is 1260. The van der Waals surface area contributed by atoms with E-state index in [1.54, 1.807) is 6.07 Å². The van der Waals surface area contributed by atoms with Crippen molar-refractivity contribution in [3.05, 3.63) is 55.6 Å². The maximum Gasteiger partial charge on any atom is 0.226 e. The van der Waals surface area contributed by atoms with E-state index < -0.39 is 0 Å². The van der Waals surface area contributed by atoms with Gasteiger partial charge in [-0.05, 0) is 42.3 Å². The number of pyridine rings is 1. The van der Waals surface area contributed by atoms with Gasteiger partial charge in [-0.3, -0.25) is 4.98 Å². The van der Waals surface area contributed by atoms with Crippen LogP contribution in [0.3, 0.4) is 0 Å². The van der Waals surface area contributed by atoms with Gasteiger partial charge in [0.25, 0.3) is 0 Å². The molecule has 0 bridgehead atoms. The largest absolute Gasteiger partial charge is 0.378 e. The number of ether oxygens (including phenoxy) is 2. The number of aromatic nitrogens is 5. The van der Waals surface area contributed by atoms with E-state index in [0.29, 0.717) is 72.7 Å². The Hall–Kier alpha value is -1.99. The van der Waals surface area contributed by atoms with Crippen LogP contribution in [0.5, 0.6) is 0 Å². The standard InChI is InChI=1S/C15H16Cl2FN5O.C8H8Cl3N3O/c1-9(11-3-2-10(18)8-19-11)20-13-12(16)14(22-15(17)21-13)23-4-6-24-7-5-23;9-5-6(10)12-8(11)13-7(5)14-1-3-15-4-2-14/h2-3,8-9H,4-7H2,1H3,(H,20,21,22);1-4H2/t9-;/m0./s1. The Morgan fingerprint density at radius 2 is 1.33 bits per heavy atom. The Kier molecular flexibility index (Phi) is 10.8. The molecular formula is C23H24Cl5FN8O2. The molecule has 0 spiro atoms. The van der Waals surface area contributed by atoms with E-state index in [2.05, 4.69) is 30.2 Å². The van der Waals surface area contributed by atoms with Crippen LogP contribution in [-0.2, 0) is 9.47 Å². The van der Waals surface area contributed by atoms with Crippen molar-refractivity contribution in [1.82, 2.24) is 24.9 Å². The molecule has 2 fully saturated rings. The van der Waals surface area contributed by atoms with Crippen molar-refractivity contribution in [2.75, 3.05) is 67.7 Å². The lowest BCUT2D eigenvalue weighted by molar-refractivity contribution is 0.122. The molecule has 3 aromatic rings. The third kappa shape index (κ3) is 8.03. The van der Waals surface area contributed by atoms with E-state index in [0.717, 1.165) is 13.1 Å². The number of hydrogen-bond acceptors (Lipinski definition) is 10. The van der Waals surface area contributed by atoms with Crippen LogP contribution >= 0.6 is 58.0 Å². The lowest BCUT2D eigenvalue weighted by atomic mass is 10.2. The predicted octanol–water partition coefficient (Wildman–Crippen LogP) is 5.60. The number of rotatable bonds is 5. The number of nitrogens with zero attached hydrogens (tertiary/aromatic N) is 7. The minimum absolute atomic E-state index is 0.0997. The normalized spacial score (nSPS) is 16.4. The molecule has 2 aliphatic heterocycles. The minimum Gasteiger partial charge on any atom is -0.378 e. The highest BCUT2D eigenvalue weighted by molar-refractivity contribution is 6.43. The zero-order valence-electron chi connectivity index (χ0n) is 20.7. The monoisotopic (exact) mass is 638 g/mol. The molecule has 16 heteroatoms. The molecule has 0 amide bonds. The number of hydrogen-bond donors (Lipinski definition) is 1. The first-order chi connectivity index (χ1) is 18.7. The zero-order chi connectivity index (χ0) is 27.9. The molecule has 1 atom stereocenters. The number of nitrogens with one attached hydrogen (secondary N) is 1. The van der Waals surface area contributed by atoms with Crippen molar-refractivity contribution in [1.29, 1.82) is 0 Å². The Labute approximate surface area is 249 Å². The lowest BCUT2D eigenvalue weighted by Gasteiger charge is -2.29. The topological polar surface area (TPSA) is 101 Å². The van der Waals surface area contributed by atoms with Crippen molar-refractivity contribution in [3.8, 4) is 0 Å². The fraction of sp³-hybridized carbons (Fsp3) is 0.435. The Morgan fingerprint density at radius 1 is 0.795 bits per heavy atom. The molecule has 0 aliphatic carbocycles. The van der Waals surface area contributed by atoms with Gasteiger partial charge in [0.15, 0.2) is 22.6 Å². The SMILES string of the molecule is C[C@H](Nc1nc(Cl)nc(N2CCOCC2)c1Cl)c1ccc(F)cn1.Clc1nc(Cl)c(Cl)c(N2CCOCC2)n1. The van der Waals surface area contributed by atoms with Gasteiger partial charge in [0.2, 0.25) is 10.6 Å². The van der Waals surface area contributed by atoms with Gasteiger partial charge in [-0.25, -0.2) is 9.37 Å². The average molecular weight is 641 g/mol. The maximum atomic E-state index is 13.0. The van der Waals surface area contributed by atoms with Gasteiger partial charge < -0.3 is 24.6 Å². The van der Waals surface area contributed by atoms with Gasteiger partial charge in [-0.15, -0.1) is 0 Å². The van der Waals surface area contributed by atoms with E-state index in [1.807, 2.05) is 16.7 Å². The summed E-state index contributed by atoms with van der Waals surface area (Å²) in [5.41, 5.74) is 0.662. The summed E-state index contributed by atoms with van der Waals surface area (Å²) >= 11 is 30.0. The first-order valence-corrected chi connectivity index (χ1v) is 13.8. The molecule has 0 aromatic carbocycles. The summed E-state index contributed by atoms with van der Waals surface area (Å²) in [6.45, 7) is 7.20. The highest BCUT2D eigenvalue weighted by Gasteiger charge is 2.22. The molecule has 2 saturated heterocycles. The molecule has 0 unspecified atom stereocenters. The third-order valence-electron chi connectivity index (χ3n) is 5.74. The summed E-state index contributed by atoms with van der Waals surface area (Å²) in [7, 11) is 0. The van der Waals surface area contributed by atoms with Crippen LogP contribution < -0.4 is 15.1 Å². The fourth-order valence-electron chi connectivity index (χ4n) is 3.78. The molecule has 1 N–H and O–H groups in total. The van der Waals surface area contributed by atoms with Crippen molar-refractivity contribution in [2.45, 2.75) is 13.0 Å². The van der Waals surface area contributed by atoms with Gasteiger partial charge in [0, 0.05) is 26.2 Å². The Morgan fingerprint density at radius 3 is 1.87 bits per heavy atom. The first-order valence-electron chi connectivity index (χ1n) is 11.9. The number of morpholine rings is 2. The smallest absolute Gasteiger partial charge is 0.226 e. The van der Waals surface area contributed by atoms with Crippen LogP contribution in [0.15, 0.2) is 18.3 Å². The van der Waals surface area contributed by atoms with Crippen LogP contribution in [0, 0.1) is 5.82 Å². The fourth-order valence-corrected chi connectivity index (χ4v) is 4.78.